The Morgan fingerprint density at radius 2 is 1.88 bits per heavy atom. The number of halogens is 6. The maximum absolute atomic E-state index is 12.9. The Morgan fingerprint density at radius 3 is 2.48 bits per heavy atom. The first-order valence-electron chi connectivity index (χ1n) is 9.08. The smallest absolute Gasteiger partial charge is 0.395 e. The zero-order valence-corrected chi connectivity index (χ0v) is 17.5. The molecule has 0 fully saturated rings. The van der Waals surface area contributed by atoms with Crippen molar-refractivity contribution in [3.8, 4) is 11.3 Å². The van der Waals surface area contributed by atoms with E-state index >= 15 is 0 Å². The number of allylic oxidation sites excluding steroid dienone is 2. The van der Waals surface area contributed by atoms with Gasteiger partial charge >= 0.3 is 12.4 Å². The predicted octanol–water partition coefficient (Wildman–Crippen LogP) is 4.32. The van der Waals surface area contributed by atoms with E-state index in [9.17, 15) is 34.8 Å². The lowest BCUT2D eigenvalue weighted by Crippen LogP contribution is -2.19. The Bertz CT molecular complexity index is 1360. The number of hydrogen-bond acceptors (Lipinski definition) is 6. The van der Waals surface area contributed by atoms with E-state index in [-0.39, 0.29) is 33.2 Å². The number of alkyl halides is 6. The summed E-state index contributed by atoms with van der Waals surface area (Å²) in [5.74, 6) is -0.318. The molecule has 0 aliphatic heterocycles. The van der Waals surface area contributed by atoms with E-state index in [0.29, 0.717) is 12.1 Å². The summed E-state index contributed by atoms with van der Waals surface area (Å²) in [5, 5.41) is 0. The minimum absolute atomic E-state index is 0.0155. The maximum Gasteiger partial charge on any atom is 0.433 e. The van der Waals surface area contributed by atoms with Gasteiger partial charge in [0.25, 0.3) is 0 Å². The molecule has 0 aliphatic carbocycles. The summed E-state index contributed by atoms with van der Waals surface area (Å²) < 4.78 is 103. The van der Waals surface area contributed by atoms with Crippen LogP contribution in [0.25, 0.3) is 16.9 Å². The number of benzene rings is 1. The van der Waals surface area contributed by atoms with E-state index < -0.39 is 33.6 Å². The Morgan fingerprint density at radius 1 is 1.18 bits per heavy atom. The van der Waals surface area contributed by atoms with Gasteiger partial charge in [-0.3, -0.25) is 9.39 Å². The van der Waals surface area contributed by atoms with Gasteiger partial charge in [0.2, 0.25) is 0 Å². The molecule has 33 heavy (non-hydrogen) atoms. The maximum atomic E-state index is 12.9. The lowest BCUT2D eigenvalue weighted by molar-refractivity contribution is -0.141. The van der Waals surface area contributed by atoms with Gasteiger partial charge in [0.1, 0.15) is 23.4 Å². The quantitative estimate of drug-likeness (QED) is 0.423. The zero-order valence-electron chi connectivity index (χ0n) is 16.7. The first-order valence-corrected chi connectivity index (χ1v) is 10.7. The third-order valence-corrected chi connectivity index (χ3v) is 6.17. The van der Waals surface area contributed by atoms with Gasteiger partial charge in [-0.15, -0.1) is 0 Å². The van der Waals surface area contributed by atoms with Crippen LogP contribution in [0.2, 0.25) is 0 Å². The highest BCUT2D eigenvalue weighted by Crippen LogP contribution is 2.33. The molecular weight excluding hydrogens is 476 g/mol. The molecule has 176 valence electrons. The van der Waals surface area contributed by atoms with Crippen LogP contribution in [0.3, 0.4) is 0 Å². The average molecular weight is 491 g/mol. The van der Waals surface area contributed by atoms with Crippen molar-refractivity contribution in [3.05, 3.63) is 54.3 Å². The van der Waals surface area contributed by atoms with E-state index in [0.717, 1.165) is 18.6 Å². The molecule has 3 aromatic rings. The highest BCUT2D eigenvalue weighted by Gasteiger charge is 2.33. The minimum atomic E-state index is -4.74. The molecule has 0 radical (unpaired) electrons. The topological polar surface area (TPSA) is 103 Å². The van der Waals surface area contributed by atoms with Gasteiger partial charge in [0.15, 0.2) is 9.84 Å². The van der Waals surface area contributed by atoms with Crippen molar-refractivity contribution >= 4 is 27.4 Å². The highest BCUT2D eigenvalue weighted by molar-refractivity contribution is 7.91. The molecule has 0 saturated heterocycles. The SMILES string of the molecule is CCS(=O)(=O)c1cc(N=CC=C(N)C(F)(F)F)ccc1-c1cn2cnc(C(F)(F)F)cc2n1. The van der Waals surface area contributed by atoms with Gasteiger partial charge in [0.05, 0.1) is 22.0 Å². The zero-order chi connectivity index (χ0) is 24.6. The van der Waals surface area contributed by atoms with Crippen molar-refractivity contribution in [1.29, 1.82) is 0 Å². The van der Waals surface area contributed by atoms with Gasteiger partial charge in [-0.05, 0) is 24.3 Å². The van der Waals surface area contributed by atoms with Gasteiger partial charge < -0.3 is 5.73 Å². The first kappa shape index (κ1) is 24.2. The fraction of sp³-hybridized carbons (Fsp3) is 0.211. The van der Waals surface area contributed by atoms with Crippen LogP contribution in [0.1, 0.15) is 12.6 Å². The second kappa shape index (κ2) is 8.50. The molecule has 0 spiro atoms. The standard InChI is InChI=1S/C19H15F6N5O2S/c1-2-33(31,32)14-7-11(27-6-5-15(26)18(20,21)22)3-4-12(14)13-9-30-10-28-16(19(23,24)25)8-17(30)29-13/h3-10H,2,26H2,1H3. The Balaban J connectivity index is 2.09. The number of aromatic nitrogens is 3. The molecule has 14 heteroatoms. The fourth-order valence-electron chi connectivity index (χ4n) is 2.69. The third-order valence-electron chi connectivity index (χ3n) is 4.40. The van der Waals surface area contributed by atoms with E-state index in [4.69, 9.17) is 5.73 Å². The molecule has 2 aromatic heterocycles. The van der Waals surface area contributed by atoms with Gasteiger partial charge in [0, 0.05) is 24.0 Å². The molecule has 0 amide bonds. The first-order chi connectivity index (χ1) is 15.2. The van der Waals surface area contributed by atoms with Crippen molar-refractivity contribution in [3.63, 3.8) is 0 Å². The molecule has 0 saturated carbocycles. The molecule has 3 rings (SSSR count). The van der Waals surface area contributed by atoms with Gasteiger partial charge in [-0.2, -0.15) is 26.3 Å². The fourth-order valence-corrected chi connectivity index (χ4v) is 3.81. The van der Waals surface area contributed by atoms with Crippen molar-refractivity contribution in [2.75, 3.05) is 5.75 Å². The van der Waals surface area contributed by atoms with Crippen LogP contribution in [0.5, 0.6) is 0 Å². The second-order valence-corrected chi connectivity index (χ2v) is 8.89. The number of aliphatic imine (C=N–C) groups is 1. The number of fused-ring (bicyclic) bond motifs is 1. The van der Waals surface area contributed by atoms with Crippen LogP contribution in [0.4, 0.5) is 32.0 Å². The molecule has 0 unspecified atom stereocenters. The summed E-state index contributed by atoms with van der Waals surface area (Å²) in [4.78, 5) is 10.9. The van der Waals surface area contributed by atoms with E-state index in [1.54, 1.807) is 0 Å². The van der Waals surface area contributed by atoms with Crippen LogP contribution >= 0.6 is 0 Å². The lowest BCUT2D eigenvalue weighted by atomic mass is 10.1. The van der Waals surface area contributed by atoms with E-state index in [2.05, 4.69) is 15.0 Å². The number of rotatable bonds is 5. The summed E-state index contributed by atoms with van der Waals surface area (Å²) in [7, 11) is -3.87. The summed E-state index contributed by atoms with van der Waals surface area (Å²) in [6.07, 6.45) is -5.92. The molecule has 2 N–H and O–H groups in total. The summed E-state index contributed by atoms with van der Waals surface area (Å²) in [6, 6.07) is 4.48. The second-order valence-electron chi connectivity index (χ2n) is 6.65. The van der Waals surface area contributed by atoms with E-state index in [1.807, 2.05) is 0 Å². The van der Waals surface area contributed by atoms with Crippen LogP contribution in [0.15, 0.2) is 58.5 Å². The van der Waals surface area contributed by atoms with E-state index in [1.165, 1.54) is 29.7 Å². The Hall–Kier alpha value is -3.42. The third kappa shape index (κ3) is 5.32. The molecule has 0 bridgehead atoms. The number of nitrogens with two attached hydrogens (primary N) is 1. The van der Waals surface area contributed by atoms with Crippen molar-refractivity contribution in [1.82, 2.24) is 14.4 Å². The monoisotopic (exact) mass is 491 g/mol. The van der Waals surface area contributed by atoms with Crippen LogP contribution in [0, 0.1) is 0 Å². The molecule has 1 aromatic carbocycles. The highest BCUT2D eigenvalue weighted by atomic mass is 32.2. The normalized spacial score (nSPS) is 13.8. The van der Waals surface area contributed by atoms with Gasteiger partial charge in [-0.25, -0.2) is 18.4 Å². The van der Waals surface area contributed by atoms with Crippen LogP contribution < -0.4 is 5.73 Å². The summed E-state index contributed by atoms with van der Waals surface area (Å²) >= 11 is 0. The minimum Gasteiger partial charge on any atom is -0.395 e. The van der Waals surface area contributed by atoms with Crippen LogP contribution in [-0.4, -0.2) is 40.9 Å². The largest absolute Gasteiger partial charge is 0.433 e. The number of hydrogen-bond donors (Lipinski definition) is 1. The van der Waals surface area contributed by atoms with Crippen molar-refractivity contribution in [2.24, 2.45) is 10.7 Å². The molecule has 0 aliphatic rings. The van der Waals surface area contributed by atoms with Crippen molar-refractivity contribution in [2.45, 2.75) is 24.2 Å². The summed E-state index contributed by atoms with van der Waals surface area (Å²) in [6.45, 7) is 1.38. The lowest BCUT2D eigenvalue weighted by Gasteiger charge is -2.08. The number of nitrogens with zero attached hydrogens (tertiary/aromatic N) is 4. The van der Waals surface area contributed by atoms with Crippen LogP contribution in [-0.2, 0) is 16.0 Å². The molecule has 2 heterocycles. The molecule has 7 nitrogen and oxygen atoms in total. The number of imidazole rings is 1. The average Bonchev–Trinajstić information content (AvgIpc) is 3.15. The number of sulfone groups is 1. The van der Waals surface area contributed by atoms with Gasteiger partial charge in [-0.1, -0.05) is 6.92 Å². The van der Waals surface area contributed by atoms with Crippen molar-refractivity contribution < 1.29 is 34.8 Å². The Labute approximate surface area is 183 Å². The molecule has 0 atom stereocenters. The summed E-state index contributed by atoms with van der Waals surface area (Å²) in [5.41, 5.74) is 2.37. The Kier molecular flexibility index (Phi) is 6.24. The molecular formula is C19H15F6N5O2S. The predicted molar refractivity (Wildman–Crippen MR) is 108 cm³/mol.